The van der Waals surface area contributed by atoms with Gasteiger partial charge in [0.05, 0.1) is 6.54 Å². The minimum absolute atomic E-state index is 0.0739. The molecule has 0 aliphatic heterocycles. The maximum absolute atomic E-state index is 13.4. The molecular weight excluding hydrogens is 361 g/mol. The normalized spacial score (nSPS) is 10.6. The van der Waals surface area contributed by atoms with E-state index in [2.05, 4.69) is 20.7 Å². The quantitative estimate of drug-likeness (QED) is 0.568. The molecule has 7 nitrogen and oxygen atoms in total. The highest BCUT2D eigenvalue weighted by Crippen LogP contribution is 2.15. The molecule has 1 N–H and O–H groups in total. The molecule has 3 aromatic rings. The standard InChI is InChI=1S/C20H22FN5O2/c21-17-12-6-7-13-18(17)28-20(27)22-14-8-1-2-9-15-26-24-19(23-25-26)16-10-4-3-5-11-16/h3-7,10-13H,1-2,8-9,14-15H2,(H,22,27). The van der Waals surface area contributed by atoms with Crippen LogP contribution in [0.3, 0.4) is 0 Å². The fourth-order valence-corrected chi connectivity index (χ4v) is 2.63. The van der Waals surface area contributed by atoms with E-state index in [0.29, 0.717) is 18.9 Å². The zero-order chi connectivity index (χ0) is 19.6. The highest BCUT2D eigenvalue weighted by atomic mass is 19.1. The minimum Gasteiger partial charge on any atom is -0.407 e. The average Bonchev–Trinajstić information content (AvgIpc) is 3.19. The van der Waals surface area contributed by atoms with Gasteiger partial charge in [0.2, 0.25) is 5.82 Å². The molecule has 1 amide bonds. The molecule has 146 valence electrons. The fourth-order valence-electron chi connectivity index (χ4n) is 2.63. The molecule has 28 heavy (non-hydrogen) atoms. The SMILES string of the molecule is O=C(NCCCCCCn1nnc(-c2ccccc2)n1)Oc1ccccc1F. The lowest BCUT2D eigenvalue weighted by Crippen LogP contribution is -2.28. The molecule has 1 aromatic heterocycles. The molecule has 0 fully saturated rings. The predicted octanol–water partition coefficient (Wildman–Crippen LogP) is 3.83. The molecular formula is C20H22FN5O2. The first-order valence-corrected chi connectivity index (χ1v) is 9.26. The molecule has 1 heterocycles. The number of aromatic nitrogens is 4. The number of para-hydroxylation sites is 1. The lowest BCUT2D eigenvalue weighted by molar-refractivity contribution is 0.198. The zero-order valence-electron chi connectivity index (χ0n) is 15.4. The number of benzene rings is 2. The molecule has 2 aromatic carbocycles. The van der Waals surface area contributed by atoms with Crippen LogP contribution < -0.4 is 10.1 Å². The molecule has 0 radical (unpaired) electrons. The van der Waals surface area contributed by atoms with Gasteiger partial charge in [-0.3, -0.25) is 0 Å². The Labute approximate surface area is 162 Å². The summed E-state index contributed by atoms with van der Waals surface area (Å²) in [6, 6.07) is 15.5. The Kier molecular flexibility index (Phi) is 7.06. The number of carbonyl (C=O) groups is 1. The number of hydrogen-bond acceptors (Lipinski definition) is 5. The van der Waals surface area contributed by atoms with E-state index in [4.69, 9.17) is 4.74 Å². The number of ether oxygens (including phenoxy) is 1. The van der Waals surface area contributed by atoms with Gasteiger partial charge in [0, 0.05) is 12.1 Å². The second-order valence-corrected chi connectivity index (χ2v) is 6.24. The molecule has 0 saturated heterocycles. The van der Waals surface area contributed by atoms with Crippen LogP contribution in [-0.2, 0) is 6.54 Å². The van der Waals surface area contributed by atoms with Gasteiger partial charge in [-0.1, -0.05) is 55.3 Å². The van der Waals surface area contributed by atoms with E-state index < -0.39 is 11.9 Å². The number of amides is 1. The van der Waals surface area contributed by atoms with Gasteiger partial charge < -0.3 is 10.1 Å². The monoisotopic (exact) mass is 383 g/mol. The number of hydrogen-bond donors (Lipinski definition) is 1. The summed E-state index contributed by atoms with van der Waals surface area (Å²) >= 11 is 0. The second-order valence-electron chi connectivity index (χ2n) is 6.24. The van der Waals surface area contributed by atoms with Crippen molar-refractivity contribution in [1.29, 1.82) is 0 Å². The van der Waals surface area contributed by atoms with Gasteiger partial charge >= 0.3 is 6.09 Å². The molecule has 0 aliphatic rings. The van der Waals surface area contributed by atoms with Gasteiger partial charge in [-0.2, -0.15) is 4.80 Å². The van der Waals surface area contributed by atoms with Crippen LogP contribution in [0.1, 0.15) is 25.7 Å². The van der Waals surface area contributed by atoms with Crippen molar-refractivity contribution >= 4 is 6.09 Å². The van der Waals surface area contributed by atoms with Crippen molar-refractivity contribution in [1.82, 2.24) is 25.5 Å². The molecule has 0 unspecified atom stereocenters. The summed E-state index contributed by atoms with van der Waals surface area (Å²) in [5.74, 6) is -0.0110. The first-order valence-electron chi connectivity index (χ1n) is 9.26. The van der Waals surface area contributed by atoms with E-state index in [1.165, 1.54) is 18.2 Å². The van der Waals surface area contributed by atoms with Crippen LogP contribution in [0.25, 0.3) is 11.4 Å². The van der Waals surface area contributed by atoms with E-state index in [9.17, 15) is 9.18 Å². The number of rotatable bonds is 9. The predicted molar refractivity (Wildman–Crippen MR) is 102 cm³/mol. The van der Waals surface area contributed by atoms with Crippen LogP contribution in [0.15, 0.2) is 54.6 Å². The zero-order valence-corrected chi connectivity index (χ0v) is 15.4. The van der Waals surface area contributed by atoms with Crippen molar-refractivity contribution < 1.29 is 13.9 Å². The first-order chi connectivity index (χ1) is 13.7. The molecule has 0 atom stereocenters. The Hall–Kier alpha value is -3.29. The Morgan fingerprint density at radius 3 is 2.57 bits per heavy atom. The van der Waals surface area contributed by atoms with Crippen LogP contribution in [0.5, 0.6) is 5.75 Å². The molecule has 0 aliphatic carbocycles. The Bertz CT molecular complexity index is 885. The van der Waals surface area contributed by atoms with E-state index in [1.54, 1.807) is 10.9 Å². The van der Waals surface area contributed by atoms with Crippen LogP contribution in [0, 0.1) is 5.82 Å². The van der Waals surface area contributed by atoms with E-state index in [-0.39, 0.29) is 5.75 Å². The van der Waals surface area contributed by atoms with Gasteiger partial charge in [0.1, 0.15) is 0 Å². The number of carbonyl (C=O) groups excluding carboxylic acids is 1. The number of tetrazole rings is 1. The lowest BCUT2D eigenvalue weighted by atomic mass is 10.2. The molecule has 0 saturated carbocycles. The molecule has 0 bridgehead atoms. The van der Waals surface area contributed by atoms with E-state index in [0.717, 1.165) is 31.2 Å². The maximum atomic E-state index is 13.4. The van der Waals surface area contributed by atoms with Crippen molar-refractivity contribution in [2.45, 2.75) is 32.2 Å². The number of unbranched alkanes of at least 4 members (excludes halogenated alkanes) is 3. The lowest BCUT2D eigenvalue weighted by Gasteiger charge is -2.07. The largest absolute Gasteiger partial charge is 0.412 e. The summed E-state index contributed by atoms with van der Waals surface area (Å²) in [4.78, 5) is 13.2. The van der Waals surface area contributed by atoms with Crippen LogP contribution in [0.2, 0.25) is 0 Å². The molecule has 0 spiro atoms. The van der Waals surface area contributed by atoms with Gasteiger partial charge in [-0.25, -0.2) is 9.18 Å². The Balaban J connectivity index is 1.27. The van der Waals surface area contributed by atoms with Crippen molar-refractivity contribution in [2.24, 2.45) is 0 Å². The summed E-state index contributed by atoms with van der Waals surface area (Å²) in [6.07, 6.45) is 3.01. The van der Waals surface area contributed by atoms with Gasteiger partial charge in [-0.15, -0.1) is 10.2 Å². The average molecular weight is 383 g/mol. The third-order valence-electron chi connectivity index (χ3n) is 4.08. The number of nitrogens with one attached hydrogen (secondary N) is 1. The molecule has 3 rings (SSSR count). The fraction of sp³-hybridized carbons (Fsp3) is 0.300. The second kappa shape index (κ2) is 10.1. The summed E-state index contributed by atoms with van der Waals surface area (Å²) in [5, 5.41) is 15.1. The number of halogens is 1. The Morgan fingerprint density at radius 1 is 1.00 bits per heavy atom. The van der Waals surface area contributed by atoms with Gasteiger partial charge in [-0.05, 0) is 30.2 Å². The van der Waals surface area contributed by atoms with Crippen molar-refractivity contribution in [2.75, 3.05) is 6.54 Å². The smallest absolute Gasteiger partial charge is 0.407 e. The number of nitrogens with zero attached hydrogens (tertiary/aromatic N) is 4. The van der Waals surface area contributed by atoms with Gasteiger partial charge in [0.25, 0.3) is 0 Å². The van der Waals surface area contributed by atoms with Crippen LogP contribution in [0.4, 0.5) is 9.18 Å². The van der Waals surface area contributed by atoms with Crippen LogP contribution >= 0.6 is 0 Å². The highest BCUT2D eigenvalue weighted by molar-refractivity contribution is 5.70. The van der Waals surface area contributed by atoms with Crippen molar-refractivity contribution in [3.63, 3.8) is 0 Å². The van der Waals surface area contributed by atoms with E-state index in [1.807, 2.05) is 30.3 Å². The van der Waals surface area contributed by atoms with Crippen molar-refractivity contribution in [3.8, 4) is 17.1 Å². The Morgan fingerprint density at radius 2 is 1.75 bits per heavy atom. The summed E-state index contributed by atoms with van der Waals surface area (Å²) in [6.45, 7) is 1.18. The maximum Gasteiger partial charge on any atom is 0.412 e. The number of aryl methyl sites for hydroxylation is 1. The van der Waals surface area contributed by atoms with Crippen molar-refractivity contribution in [3.05, 3.63) is 60.4 Å². The third kappa shape index (κ3) is 5.87. The first kappa shape index (κ1) is 19.5. The van der Waals surface area contributed by atoms with Crippen LogP contribution in [-0.4, -0.2) is 32.8 Å². The summed E-state index contributed by atoms with van der Waals surface area (Å²) in [7, 11) is 0. The van der Waals surface area contributed by atoms with Gasteiger partial charge in [0.15, 0.2) is 11.6 Å². The summed E-state index contributed by atoms with van der Waals surface area (Å²) in [5.41, 5.74) is 0.946. The third-order valence-corrected chi connectivity index (χ3v) is 4.08. The topological polar surface area (TPSA) is 81.9 Å². The minimum atomic E-state index is -0.648. The molecule has 8 heteroatoms. The van der Waals surface area contributed by atoms with E-state index >= 15 is 0 Å². The highest BCUT2D eigenvalue weighted by Gasteiger charge is 2.08. The summed E-state index contributed by atoms with van der Waals surface area (Å²) < 4.78 is 18.3.